The Morgan fingerprint density at radius 2 is 2.00 bits per heavy atom. The molecule has 0 aliphatic carbocycles. The van der Waals surface area contributed by atoms with Crippen molar-refractivity contribution in [1.29, 1.82) is 0 Å². The molecule has 0 spiro atoms. The summed E-state index contributed by atoms with van der Waals surface area (Å²) in [5, 5.41) is 0. The normalized spacial score (nSPS) is 20.2. The zero-order chi connectivity index (χ0) is 6.20. The van der Waals surface area contributed by atoms with Gasteiger partial charge in [-0.25, -0.2) is 0 Å². The maximum absolute atomic E-state index is 10.3. The molecular weight excluding hydrogens is 159 g/mol. The minimum absolute atomic E-state index is 0. The van der Waals surface area contributed by atoms with E-state index in [1.165, 1.54) is 6.92 Å². The third kappa shape index (κ3) is 3.01. The van der Waals surface area contributed by atoms with Crippen LogP contribution in [0.25, 0.3) is 0 Å². The molecule has 0 amide bonds. The Hall–Kier alpha value is 0.174. The summed E-state index contributed by atoms with van der Waals surface area (Å²) in [4.78, 5) is 19.3. The molecule has 0 atom stereocenters. The van der Waals surface area contributed by atoms with Crippen LogP contribution in [0.3, 0.4) is 0 Å². The van der Waals surface area contributed by atoms with Crippen LogP contribution in [0, 0.1) is 0 Å². The van der Waals surface area contributed by atoms with Crippen LogP contribution in [-0.4, -0.2) is 11.6 Å². The van der Waals surface area contributed by atoms with Gasteiger partial charge in [0.2, 0.25) is 5.79 Å². The van der Waals surface area contributed by atoms with Crippen molar-refractivity contribution in [3.8, 4) is 0 Å². The Balaban J connectivity index is 0.000000640. The Morgan fingerprint density at radius 3 is 2.11 bits per heavy atom. The average Bonchev–Trinajstić information content (AvgIpc) is 2.17. The van der Waals surface area contributed by atoms with Gasteiger partial charge in [0.25, 0.3) is 0 Å². The molecule has 9 heavy (non-hydrogen) atoms. The molecule has 1 rings (SSSR count). The predicted molar refractivity (Wildman–Crippen MR) is 25.9 cm³/mol. The van der Waals surface area contributed by atoms with E-state index in [1.54, 1.807) is 6.92 Å². The number of hydrogen-bond acceptors (Lipinski definition) is 3. The summed E-state index contributed by atoms with van der Waals surface area (Å²) in [6, 6.07) is 0. The van der Waals surface area contributed by atoms with Gasteiger partial charge in [-0.2, -0.15) is 9.78 Å². The molecule has 51 valence electrons. The molecule has 4 heteroatoms. The topological polar surface area (TPSA) is 42.1 Å². The van der Waals surface area contributed by atoms with E-state index >= 15 is 0 Å². The van der Waals surface area contributed by atoms with Gasteiger partial charge < -0.3 is 0 Å². The minimum atomic E-state index is -0.578. The van der Waals surface area contributed by atoms with Crippen molar-refractivity contribution in [2.45, 2.75) is 26.1 Å². The van der Waals surface area contributed by atoms with Gasteiger partial charge in [-0.05, 0) is 13.8 Å². The molecular formula is C5H8O3V. The molecule has 0 saturated carbocycles. The molecule has 0 unspecified atom stereocenters. The molecule has 1 aliphatic heterocycles. The van der Waals surface area contributed by atoms with Gasteiger partial charge in [-0.15, -0.1) is 0 Å². The predicted octanol–water partition coefficient (Wildman–Crippen LogP) is 0.641. The van der Waals surface area contributed by atoms with Crippen LogP contribution in [-0.2, 0) is 33.1 Å². The van der Waals surface area contributed by atoms with E-state index < -0.39 is 5.79 Å². The first-order chi connectivity index (χ1) is 3.62. The van der Waals surface area contributed by atoms with E-state index in [9.17, 15) is 4.79 Å². The smallest absolute Gasteiger partial charge is 0.238 e. The summed E-state index contributed by atoms with van der Waals surface area (Å²) in [7, 11) is 0. The van der Waals surface area contributed by atoms with Crippen molar-refractivity contribution in [2.24, 2.45) is 0 Å². The Labute approximate surface area is 65.5 Å². The molecule has 0 bridgehead atoms. The molecule has 1 heterocycles. The Bertz CT molecular complexity index is 119. The van der Waals surface area contributed by atoms with Crippen LogP contribution in [0.15, 0.2) is 0 Å². The van der Waals surface area contributed by atoms with E-state index in [2.05, 4.69) is 9.78 Å². The minimum Gasteiger partial charge on any atom is -0.300 e. The summed E-state index contributed by atoms with van der Waals surface area (Å²) in [5.41, 5.74) is 0. The van der Waals surface area contributed by atoms with Gasteiger partial charge in [-0.1, -0.05) is 0 Å². The first kappa shape index (κ1) is 9.17. The molecule has 0 aromatic heterocycles. The van der Waals surface area contributed by atoms with Crippen LogP contribution >= 0.6 is 0 Å². The van der Waals surface area contributed by atoms with Gasteiger partial charge in [0.15, 0.2) is 0 Å². The molecule has 0 aromatic carbocycles. The SMILES string of the molecule is CC(=O)CC1(C)OO1.[V]. The third-order valence-corrected chi connectivity index (χ3v) is 0.938. The van der Waals surface area contributed by atoms with Crippen molar-refractivity contribution < 1.29 is 33.1 Å². The number of ketones is 1. The largest absolute Gasteiger partial charge is 0.300 e. The van der Waals surface area contributed by atoms with Gasteiger partial charge in [0.05, 0.1) is 6.42 Å². The average molecular weight is 167 g/mol. The van der Waals surface area contributed by atoms with Crippen LogP contribution < -0.4 is 0 Å². The van der Waals surface area contributed by atoms with Gasteiger partial charge in [0, 0.05) is 18.6 Å². The van der Waals surface area contributed by atoms with Gasteiger partial charge in [-0.3, -0.25) is 4.79 Å². The summed E-state index contributed by atoms with van der Waals surface area (Å²) in [6.45, 7) is 3.24. The zero-order valence-corrected chi connectivity index (χ0v) is 6.78. The van der Waals surface area contributed by atoms with E-state index in [1.807, 2.05) is 0 Å². The zero-order valence-electron chi connectivity index (χ0n) is 5.38. The molecule has 1 aliphatic rings. The quantitative estimate of drug-likeness (QED) is 0.447. The number of hydrogen-bond donors (Lipinski definition) is 0. The molecule has 1 saturated heterocycles. The molecule has 1 radical (unpaired) electrons. The van der Waals surface area contributed by atoms with Crippen molar-refractivity contribution in [1.82, 2.24) is 0 Å². The molecule has 0 N–H and O–H groups in total. The maximum Gasteiger partial charge on any atom is 0.238 e. The van der Waals surface area contributed by atoms with Crippen LogP contribution in [0.5, 0.6) is 0 Å². The monoisotopic (exact) mass is 167 g/mol. The fourth-order valence-electron chi connectivity index (χ4n) is 0.582. The Kier molecular flexibility index (Phi) is 2.89. The second kappa shape index (κ2) is 2.84. The van der Waals surface area contributed by atoms with Gasteiger partial charge >= 0.3 is 0 Å². The van der Waals surface area contributed by atoms with Crippen LogP contribution in [0.4, 0.5) is 0 Å². The number of carbonyl (C=O) groups excluding carboxylic acids is 1. The van der Waals surface area contributed by atoms with Crippen molar-refractivity contribution in [3.05, 3.63) is 0 Å². The number of Topliss-reactive ketones (excluding diaryl/α,β-unsaturated/α-hetero) is 1. The second-order valence-corrected chi connectivity index (χ2v) is 2.18. The summed E-state index contributed by atoms with van der Waals surface area (Å²) < 4.78 is 0. The summed E-state index contributed by atoms with van der Waals surface area (Å²) in [5.74, 6) is -0.490. The molecule has 1 fully saturated rings. The van der Waals surface area contributed by atoms with Crippen molar-refractivity contribution in [2.75, 3.05) is 0 Å². The van der Waals surface area contributed by atoms with Gasteiger partial charge in [0.1, 0.15) is 5.78 Å². The summed E-state index contributed by atoms with van der Waals surface area (Å²) in [6.07, 6.45) is 0.354. The molecule has 0 aromatic rings. The Morgan fingerprint density at radius 1 is 1.56 bits per heavy atom. The fraction of sp³-hybridized carbons (Fsp3) is 0.800. The second-order valence-electron chi connectivity index (χ2n) is 2.18. The number of rotatable bonds is 2. The van der Waals surface area contributed by atoms with Crippen LogP contribution in [0.2, 0.25) is 0 Å². The maximum atomic E-state index is 10.3. The number of carbonyl (C=O) groups is 1. The van der Waals surface area contributed by atoms with Crippen molar-refractivity contribution >= 4 is 5.78 Å². The standard InChI is InChI=1S/C5H8O3.V/c1-4(6)3-5(2)7-8-5;/h3H2,1-2H3;. The third-order valence-electron chi connectivity index (χ3n) is 0.938. The van der Waals surface area contributed by atoms with E-state index in [0.717, 1.165) is 0 Å². The first-order valence-electron chi connectivity index (χ1n) is 2.49. The molecule has 3 nitrogen and oxygen atoms in total. The first-order valence-corrected chi connectivity index (χ1v) is 2.49. The van der Waals surface area contributed by atoms with E-state index in [-0.39, 0.29) is 24.3 Å². The van der Waals surface area contributed by atoms with Crippen molar-refractivity contribution in [3.63, 3.8) is 0 Å². The van der Waals surface area contributed by atoms with Crippen LogP contribution in [0.1, 0.15) is 20.3 Å². The summed E-state index contributed by atoms with van der Waals surface area (Å²) >= 11 is 0. The van der Waals surface area contributed by atoms with E-state index in [0.29, 0.717) is 6.42 Å². The fourth-order valence-corrected chi connectivity index (χ4v) is 0.582. The van der Waals surface area contributed by atoms with E-state index in [4.69, 9.17) is 0 Å².